The average Bonchev–Trinajstić information content (AvgIpc) is 3.54. The van der Waals surface area contributed by atoms with Gasteiger partial charge in [-0.3, -0.25) is 14.0 Å². The van der Waals surface area contributed by atoms with Crippen LogP contribution >= 0.6 is 11.3 Å². The number of rotatable bonds is 6. The van der Waals surface area contributed by atoms with Gasteiger partial charge in [-0.05, 0) is 69.1 Å². The lowest BCUT2D eigenvalue weighted by Crippen LogP contribution is -2.30. The largest absolute Gasteiger partial charge is 0.301 e. The summed E-state index contributed by atoms with van der Waals surface area (Å²) in [5.41, 5.74) is 3.46. The smallest absolute Gasteiger partial charge is 0.264 e. The summed E-state index contributed by atoms with van der Waals surface area (Å²) in [6.45, 7) is 4.76. The predicted molar refractivity (Wildman–Crippen MR) is 131 cm³/mol. The van der Waals surface area contributed by atoms with Crippen molar-refractivity contribution >= 4 is 38.1 Å². The second kappa shape index (κ2) is 8.89. The van der Waals surface area contributed by atoms with Crippen molar-refractivity contribution < 1.29 is 13.2 Å². The monoisotopic (exact) mass is 482 g/mol. The molecule has 1 amide bonds. The highest BCUT2D eigenvalue weighted by Crippen LogP contribution is 2.37. The van der Waals surface area contributed by atoms with Crippen molar-refractivity contribution in [1.82, 2.24) is 9.88 Å². The van der Waals surface area contributed by atoms with Crippen LogP contribution < -0.4 is 9.62 Å². The van der Waals surface area contributed by atoms with Gasteiger partial charge in [0, 0.05) is 17.0 Å². The Kier molecular flexibility index (Phi) is 5.94. The predicted octanol–water partition coefficient (Wildman–Crippen LogP) is 3.90. The molecule has 0 radical (unpaired) electrons. The Morgan fingerprint density at radius 3 is 2.61 bits per heavy atom. The normalized spacial score (nSPS) is 16.2. The minimum absolute atomic E-state index is 0.0343. The Hall–Kier alpha value is -2.75. The van der Waals surface area contributed by atoms with Crippen LogP contribution in [0.15, 0.2) is 53.4 Å². The van der Waals surface area contributed by atoms with E-state index in [0.29, 0.717) is 29.5 Å². The van der Waals surface area contributed by atoms with Crippen LogP contribution in [0.1, 0.15) is 23.3 Å². The summed E-state index contributed by atoms with van der Waals surface area (Å²) >= 11 is 1.46. The lowest BCUT2D eigenvalue weighted by molar-refractivity contribution is -0.117. The number of carbonyl (C=O) groups excluding carboxylic acids is 1. The first kappa shape index (κ1) is 22.1. The average molecular weight is 483 g/mol. The van der Waals surface area contributed by atoms with Crippen LogP contribution in [-0.2, 0) is 21.2 Å². The minimum Gasteiger partial charge on any atom is -0.301 e. The first-order valence-corrected chi connectivity index (χ1v) is 13.4. The molecule has 3 heterocycles. The molecular formula is C24H26N4O3S2. The number of aromatic nitrogens is 1. The molecule has 2 aliphatic heterocycles. The molecule has 5 rings (SSSR count). The van der Waals surface area contributed by atoms with E-state index in [4.69, 9.17) is 0 Å². The Morgan fingerprint density at radius 2 is 1.85 bits per heavy atom. The molecule has 1 N–H and O–H groups in total. The number of aryl methyl sites for hydroxylation is 1. The first-order chi connectivity index (χ1) is 15.9. The van der Waals surface area contributed by atoms with Crippen LogP contribution in [0, 0.1) is 6.92 Å². The van der Waals surface area contributed by atoms with E-state index in [1.165, 1.54) is 15.6 Å². The quantitative estimate of drug-likeness (QED) is 0.576. The molecule has 1 fully saturated rings. The van der Waals surface area contributed by atoms with Gasteiger partial charge >= 0.3 is 0 Å². The molecule has 0 bridgehead atoms. The van der Waals surface area contributed by atoms with E-state index < -0.39 is 10.0 Å². The molecule has 9 heteroatoms. The van der Waals surface area contributed by atoms with Gasteiger partial charge in [0.1, 0.15) is 0 Å². The van der Waals surface area contributed by atoms with E-state index >= 15 is 0 Å². The molecule has 0 spiro atoms. The fourth-order valence-corrected chi connectivity index (χ4v) is 6.88. The minimum atomic E-state index is -3.59. The number of nitrogens with one attached hydrogen (secondary N) is 1. The second-order valence-electron chi connectivity index (χ2n) is 8.44. The van der Waals surface area contributed by atoms with Gasteiger partial charge in [-0.15, -0.1) is 11.3 Å². The SMILES string of the molecule is Cc1sc(NC(=O)CN2CCCC2)nc1-c1ccc2c(c1)CCN2S(=O)(=O)c1ccccc1. The molecule has 0 unspecified atom stereocenters. The molecule has 1 saturated heterocycles. The third-order valence-electron chi connectivity index (χ3n) is 6.15. The van der Waals surface area contributed by atoms with Crippen molar-refractivity contribution in [3.63, 3.8) is 0 Å². The number of sulfonamides is 1. The summed E-state index contributed by atoms with van der Waals surface area (Å²) in [5, 5.41) is 3.53. The second-order valence-corrected chi connectivity index (χ2v) is 11.5. The third-order valence-corrected chi connectivity index (χ3v) is 8.86. The lowest BCUT2D eigenvalue weighted by Gasteiger charge is -2.19. The topological polar surface area (TPSA) is 82.6 Å². The van der Waals surface area contributed by atoms with Crippen molar-refractivity contribution in [3.05, 3.63) is 59.0 Å². The van der Waals surface area contributed by atoms with E-state index in [9.17, 15) is 13.2 Å². The Bertz CT molecular complexity index is 1280. The molecule has 172 valence electrons. The lowest BCUT2D eigenvalue weighted by atomic mass is 10.1. The van der Waals surface area contributed by atoms with Crippen molar-refractivity contribution in [1.29, 1.82) is 0 Å². The van der Waals surface area contributed by atoms with Gasteiger partial charge in [-0.25, -0.2) is 13.4 Å². The zero-order chi connectivity index (χ0) is 23.0. The van der Waals surface area contributed by atoms with Gasteiger partial charge < -0.3 is 5.32 Å². The molecule has 0 atom stereocenters. The van der Waals surface area contributed by atoms with Crippen molar-refractivity contribution in [2.75, 3.05) is 35.8 Å². The number of carbonyl (C=O) groups is 1. The van der Waals surface area contributed by atoms with Crippen LogP contribution in [0.2, 0.25) is 0 Å². The number of thiazole rings is 1. The summed E-state index contributed by atoms with van der Waals surface area (Å²) in [7, 11) is -3.59. The molecule has 0 aliphatic carbocycles. The zero-order valence-electron chi connectivity index (χ0n) is 18.5. The Labute approximate surface area is 198 Å². The summed E-state index contributed by atoms with van der Waals surface area (Å²) in [5.74, 6) is -0.0343. The number of hydrogen-bond donors (Lipinski definition) is 1. The maximum atomic E-state index is 13.1. The standard InChI is InChI=1S/C24H26N4O3S2/c1-17-23(26-24(32-17)25-22(29)16-27-12-5-6-13-27)19-9-10-21-18(15-19)11-14-28(21)33(30,31)20-7-3-2-4-8-20/h2-4,7-10,15H,5-6,11-14,16H2,1H3,(H,25,26,29). The fraction of sp³-hybridized carbons (Fsp3) is 0.333. The van der Waals surface area contributed by atoms with Crippen LogP contribution in [0.4, 0.5) is 10.8 Å². The summed E-state index contributed by atoms with van der Waals surface area (Å²) in [6, 6.07) is 14.3. The molecule has 0 saturated carbocycles. The molecule has 2 aliphatic rings. The van der Waals surface area contributed by atoms with E-state index in [2.05, 4.69) is 15.2 Å². The Balaban J connectivity index is 1.35. The number of benzene rings is 2. The van der Waals surface area contributed by atoms with E-state index in [1.54, 1.807) is 24.3 Å². The van der Waals surface area contributed by atoms with Gasteiger partial charge in [0.15, 0.2) is 5.13 Å². The van der Waals surface area contributed by atoms with Gasteiger partial charge in [0.25, 0.3) is 10.0 Å². The van der Waals surface area contributed by atoms with E-state index in [1.807, 2.05) is 31.2 Å². The number of fused-ring (bicyclic) bond motifs is 1. The van der Waals surface area contributed by atoms with Gasteiger partial charge in [-0.2, -0.15) is 0 Å². The van der Waals surface area contributed by atoms with Crippen molar-refractivity contribution in [2.45, 2.75) is 31.1 Å². The van der Waals surface area contributed by atoms with Crippen molar-refractivity contribution in [3.8, 4) is 11.3 Å². The summed E-state index contributed by atoms with van der Waals surface area (Å²) in [6.07, 6.45) is 2.95. The molecular weight excluding hydrogens is 456 g/mol. The number of likely N-dealkylation sites (tertiary alicyclic amines) is 1. The van der Waals surface area contributed by atoms with E-state index in [0.717, 1.165) is 53.3 Å². The number of amides is 1. The van der Waals surface area contributed by atoms with Crippen LogP contribution in [-0.4, -0.2) is 50.4 Å². The maximum Gasteiger partial charge on any atom is 0.264 e. The van der Waals surface area contributed by atoms with Crippen molar-refractivity contribution in [2.24, 2.45) is 0 Å². The first-order valence-electron chi connectivity index (χ1n) is 11.1. The van der Waals surface area contributed by atoms with Gasteiger partial charge in [0.05, 0.1) is 22.8 Å². The summed E-state index contributed by atoms with van der Waals surface area (Å²) in [4.78, 5) is 20.5. The molecule has 1 aromatic heterocycles. The highest BCUT2D eigenvalue weighted by molar-refractivity contribution is 7.92. The highest BCUT2D eigenvalue weighted by Gasteiger charge is 2.31. The third kappa shape index (κ3) is 4.40. The fourth-order valence-electron chi connectivity index (χ4n) is 4.51. The van der Waals surface area contributed by atoms with Gasteiger partial charge in [-0.1, -0.05) is 24.3 Å². The summed E-state index contributed by atoms with van der Waals surface area (Å²) < 4.78 is 27.7. The number of anilines is 2. The Morgan fingerprint density at radius 1 is 1.09 bits per heavy atom. The van der Waals surface area contributed by atoms with Gasteiger partial charge in [0.2, 0.25) is 5.91 Å². The van der Waals surface area contributed by atoms with Crippen LogP contribution in [0.25, 0.3) is 11.3 Å². The molecule has 3 aromatic rings. The highest BCUT2D eigenvalue weighted by atomic mass is 32.2. The van der Waals surface area contributed by atoms with E-state index in [-0.39, 0.29) is 5.91 Å². The maximum absolute atomic E-state index is 13.1. The number of nitrogens with zero attached hydrogens (tertiary/aromatic N) is 3. The zero-order valence-corrected chi connectivity index (χ0v) is 20.1. The molecule has 7 nitrogen and oxygen atoms in total. The van der Waals surface area contributed by atoms with Crippen LogP contribution in [0.3, 0.4) is 0 Å². The van der Waals surface area contributed by atoms with Crippen LogP contribution in [0.5, 0.6) is 0 Å². The molecule has 2 aromatic carbocycles. The number of hydrogen-bond acceptors (Lipinski definition) is 6. The molecule has 33 heavy (non-hydrogen) atoms.